The molecule has 4 nitrogen and oxygen atoms in total. The third-order valence-corrected chi connectivity index (χ3v) is 6.79. The molecule has 0 atom stereocenters. The molecular formula is C12H8BrClN2O2S2. The van der Waals surface area contributed by atoms with Gasteiger partial charge in [0.25, 0.3) is 0 Å². The molecule has 1 N–H and O–H groups in total. The number of hydrogen-bond acceptors (Lipinski definition) is 4. The predicted octanol–water partition coefficient (Wildman–Crippen LogP) is 3.51. The van der Waals surface area contributed by atoms with Crippen molar-refractivity contribution in [3.63, 3.8) is 0 Å². The Morgan fingerprint density at radius 3 is 2.50 bits per heavy atom. The zero-order valence-electron chi connectivity index (χ0n) is 9.93. The number of nitrogens with one attached hydrogen (secondary N) is 1. The highest BCUT2D eigenvalue weighted by Gasteiger charge is 2.18. The summed E-state index contributed by atoms with van der Waals surface area (Å²) in [5, 5.41) is 9.06. The van der Waals surface area contributed by atoms with Crippen LogP contribution in [0.5, 0.6) is 0 Å². The summed E-state index contributed by atoms with van der Waals surface area (Å²) in [4.78, 5) is 0. The van der Waals surface area contributed by atoms with Crippen molar-refractivity contribution >= 4 is 48.9 Å². The second-order valence-electron chi connectivity index (χ2n) is 3.82. The molecule has 8 heteroatoms. The first-order valence-corrected chi connectivity index (χ1v) is 8.83. The summed E-state index contributed by atoms with van der Waals surface area (Å²) in [7, 11) is -3.59. The minimum absolute atomic E-state index is 0.154. The molecule has 0 radical (unpaired) electrons. The van der Waals surface area contributed by atoms with Crippen molar-refractivity contribution in [2.24, 2.45) is 0 Å². The van der Waals surface area contributed by atoms with E-state index in [1.54, 1.807) is 24.3 Å². The van der Waals surface area contributed by atoms with Gasteiger partial charge in [-0.2, -0.15) is 5.26 Å². The maximum atomic E-state index is 12.1. The molecule has 1 aromatic carbocycles. The molecule has 0 aliphatic carbocycles. The number of nitrogens with zero attached hydrogens (tertiary/aromatic N) is 1. The minimum Gasteiger partial charge on any atom is -0.206 e. The maximum absolute atomic E-state index is 12.1. The monoisotopic (exact) mass is 390 g/mol. The number of halogens is 2. The van der Waals surface area contributed by atoms with Gasteiger partial charge in [0.05, 0.1) is 20.4 Å². The Balaban J connectivity index is 2.11. The van der Waals surface area contributed by atoms with Crippen molar-refractivity contribution in [3.05, 3.63) is 50.3 Å². The van der Waals surface area contributed by atoms with Crippen LogP contribution < -0.4 is 4.72 Å². The van der Waals surface area contributed by atoms with Crippen molar-refractivity contribution in [2.75, 3.05) is 0 Å². The van der Waals surface area contributed by atoms with Crippen molar-refractivity contribution in [3.8, 4) is 6.07 Å². The molecule has 0 fully saturated rings. The fourth-order valence-electron chi connectivity index (χ4n) is 1.41. The average molecular weight is 392 g/mol. The quantitative estimate of drug-likeness (QED) is 0.867. The van der Waals surface area contributed by atoms with Gasteiger partial charge in [-0.3, -0.25) is 0 Å². The van der Waals surface area contributed by atoms with Crippen LogP contribution in [0.3, 0.4) is 0 Å². The number of benzene rings is 1. The standard InChI is InChI=1S/C12H8BrClN2O2S2/c13-12-10(14)5-11(19-12)20(17,18)16-7-9-3-1-8(6-15)2-4-9/h1-5,16H,7H2. The molecule has 2 aromatic rings. The minimum atomic E-state index is -3.59. The fraction of sp³-hybridized carbons (Fsp3) is 0.0833. The summed E-state index contributed by atoms with van der Waals surface area (Å²) in [6.07, 6.45) is 0. The SMILES string of the molecule is N#Cc1ccc(CNS(=O)(=O)c2cc(Cl)c(Br)s2)cc1. The first-order chi connectivity index (χ1) is 9.42. The molecule has 0 bridgehead atoms. The van der Waals surface area contributed by atoms with Crippen LogP contribution in [0.4, 0.5) is 0 Å². The van der Waals surface area contributed by atoms with E-state index in [-0.39, 0.29) is 10.8 Å². The lowest BCUT2D eigenvalue weighted by molar-refractivity contribution is 0.583. The van der Waals surface area contributed by atoms with E-state index in [4.69, 9.17) is 16.9 Å². The summed E-state index contributed by atoms with van der Waals surface area (Å²) in [5.74, 6) is 0. The van der Waals surface area contributed by atoms with Crippen molar-refractivity contribution in [2.45, 2.75) is 10.8 Å². The first kappa shape index (κ1) is 15.5. The Morgan fingerprint density at radius 2 is 2.00 bits per heavy atom. The normalized spacial score (nSPS) is 11.2. The summed E-state index contributed by atoms with van der Waals surface area (Å²) in [6, 6.07) is 10.1. The van der Waals surface area contributed by atoms with Gasteiger partial charge in [-0.1, -0.05) is 23.7 Å². The molecule has 0 aliphatic rings. The highest BCUT2D eigenvalue weighted by atomic mass is 79.9. The van der Waals surface area contributed by atoms with Gasteiger partial charge in [0.2, 0.25) is 10.0 Å². The van der Waals surface area contributed by atoms with Crippen LogP contribution in [0.2, 0.25) is 5.02 Å². The number of sulfonamides is 1. The largest absolute Gasteiger partial charge is 0.250 e. The van der Waals surface area contributed by atoms with E-state index in [2.05, 4.69) is 20.7 Å². The lowest BCUT2D eigenvalue weighted by Crippen LogP contribution is -2.22. The van der Waals surface area contributed by atoms with Crippen molar-refractivity contribution in [1.29, 1.82) is 5.26 Å². The van der Waals surface area contributed by atoms with E-state index < -0.39 is 10.0 Å². The van der Waals surface area contributed by atoms with E-state index in [1.165, 1.54) is 6.07 Å². The van der Waals surface area contributed by atoms with Crippen LogP contribution in [-0.2, 0) is 16.6 Å². The van der Waals surface area contributed by atoms with Gasteiger partial charge in [0.1, 0.15) is 4.21 Å². The van der Waals surface area contributed by atoms with Gasteiger partial charge >= 0.3 is 0 Å². The zero-order chi connectivity index (χ0) is 14.8. The molecule has 20 heavy (non-hydrogen) atoms. The van der Waals surface area contributed by atoms with E-state index in [0.717, 1.165) is 16.9 Å². The molecule has 1 heterocycles. The molecule has 2 rings (SSSR count). The van der Waals surface area contributed by atoms with E-state index in [9.17, 15) is 8.42 Å². The Hall–Kier alpha value is -0.910. The Labute approximate surface area is 134 Å². The maximum Gasteiger partial charge on any atom is 0.250 e. The molecule has 1 aromatic heterocycles. The molecule has 0 aliphatic heterocycles. The van der Waals surface area contributed by atoms with Gasteiger partial charge in [-0.05, 0) is 39.7 Å². The van der Waals surface area contributed by atoms with Crippen molar-refractivity contribution < 1.29 is 8.42 Å². The molecule has 0 unspecified atom stereocenters. The zero-order valence-corrected chi connectivity index (χ0v) is 13.9. The number of nitriles is 1. The highest BCUT2D eigenvalue weighted by Crippen LogP contribution is 2.34. The summed E-state index contributed by atoms with van der Waals surface area (Å²) in [6.45, 7) is 0.154. The molecule has 0 saturated heterocycles. The van der Waals surface area contributed by atoms with Gasteiger partial charge in [-0.15, -0.1) is 11.3 Å². The molecule has 104 valence electrons. The fourth-order valence-corrected chi connectivity index (χ4v) is 4.87. The van der Waals surface area contributed by atoms with Crippen LogP contribution in [0.1, 0.15) is 11.1 Å². The second-order valence-corrected chi connectivity index (χ2v) is 8.59. The van der Waals surface area contributed by atoms with Crippen molar-refractivity contribution in [1.82, 2.24) is 4.72 Å². The lowest BCUT2D eigenvalue weighted by atomic mass is 10.1. The third kappa shape index (κ3) is 3.59. The Morgan fingerprint density at radius 1 is 1.35 bits per heavy atom. The topological polar surface area (TPSA) is 70.0 Å². The van der Waals surface area contributed by atoms with Gasteiger partial charge < -0.3 is 0 Å². The van der Waals surface area contributed by atoms with Crippen LogP contribution in [-0.4, -0.2) is 8.42 Å². The summed E-state index contributed by atoms with van der Waals surface area (Å²) < 4.78 is 27.4. The summed E-state index contributed by atoms with van der Waals surface area (Å²) in [5.41, 5.74) is 1.31. The Kier molecular flexibility index (Phi) is 4.83. The van der Waals surface area contributed by atoms with Gasteiger partial charge in [0.15, 0.2) is 0 Å². The van der Waals surface area contributed by atoms with Crippen LogP contribution in [0, 0.1) is 11.3 Å². The number of thiophene rings is 1. The average Bonchev–Trinajstić information content (AvgIpc) is 2.78. The molecular weight excluding hydrogens is 384 g/mol. The van der Waals surface area contributed by atoms with E-state index in [1.807, 2.05) is 6.07 Å². The second kappa shape index (κ2) is 6.24. The summed E-state index contributed by atoms with van der Waals surface area (Å²) >= 11 is 10.1. The molecule has 0 saturated carbocycles. The highest BCUT2D eigenvalue weighted by molar-refractivity contribution is 9.11. The lowest BCUT2D eigenvalue weighted by Gasteiger charge is -2.04. The smallest absolute Gasteiger partial charge is 0.206 e. The predicted molar refractivity (Wildman–Crippen MR) is 82.2 cm³/mol. The number of rotatable bonds is 4. The van der Waals surface area contributed by atoms with E-state index >= 15 is 0 Å². The van der Waals surface area contributed by atoms with E-state index in [0.29, 0.717) is 14.4 Å². The van der Waals surface area contributed by atoms with Crippen LogP contribution in [0.25, 0.3) is 0 Å². The molecule has 0 amide bonds. The number of hydrogen-bond donors (Lipinski definition) is 1. The molecule has 0 spiro atoms. The van der Waals surface area contributed by atoms with Gasteiger partial charge in [0, 0.05) is 6.54 Å². The van der Waals surface area contributed by atoms with Crippen LogP contribution >= 0.6 is 38.9 Å². The Bertz CT molecular complexity index is 744. The third-order valence-electron chi connectivity index (χ3n) is 2.44. The van der Waals surface area contributed by atoms with Crippen LogP contribution in [0.15, 0.2) is 38.3 Å². The van der Waals surface area contributed by atoms with Gasteiger partial charge in [-0.25, -0.2) is 13.1 Å². The first-order valence-electron chi connectivity index (χ1n) is 5.36.